The number of likely N-dealkylation sites (tertiary alicyclic amines) is 1. The molecule has 1 atom stereocenters. The van der Waals surface area contributed by atoms with Gasteiger partial charge in [0.15, 0.2) is 0 Å². The fourth-order valence-corrected chi connectivity index (χ4v) is 10.6. The van der Waals surface area contributed by atoms with E-state index in [0.29, 0.717) is 31.0 Å². The van der Waals surface area contributed by atoms with Crippen molar-refractivity contribution in [1.82, 2.24) is 43.7 Å². The number of nitrogens with zero attached hydrogens (tertiary/aromatic N) is 8. The van der Waals surface area contributed by atoms with Crippen molar-refractivity contribution in [2.45, 2.75) is 114 Å². The molecule has 6 heterocycles. The Balaban J connectivity index is 0.725. The maximum absolute atomic E-state index is 13.1. The van der Waals surface area contributed by atoms with E-state index in [4.69, 9.17) is 4.98 Å². The van der Waals surface area contributed by atoms with E-state index in [1.54, 1.807) is 17.8 Å². The third-order valence-electron chi connectivity index (χ3n) is 14.3. The summed E-state index contributed by atoms with van der Waals surface area (Å²) in [5.41, 5.74) is 6.44. The van der Waals surface area contributed by atoms with E-state index in [1.165, 1.54) is 28.5 Å². The van der Waals surface area contributed by atoms with Gasteiger partial charge in [-0.1, -0.05) is 30.3 Å². The van der Waals surface area contributed by atoms with Crippen molar-refractivity contribution in [3.05, 3.63) is 76.5 Å². The molecular formula is C48H61F3N10O4. The van der Waals surface area contributed by atoms with Gasteiger partial charge in [-0.15, -0.1) is 0 Å². The highest BCUT2D eigenvalue weighted by Gasteiger charge is 2.32. The van der Waals surface area contributed by atoms with Crippen molar-refractivity contribution in [2.75, 3.05) is 57.7 Å². The van der Waals surface area contributed by atoms with E-state index in [-0.39, 0.29) is 42.7 Å². The van der Waals surface area contributed by atoms with Gasteiger partial charge in [0.2, 0.25) is 17.8 Å². The number of fused-ring (bicyclic) bond motifs is 2. The van der Waals surface area contributed by atoms with Crippen LogP contribution in [0, 0.1) is 0 Å². The second-order valence-electron chi connectivity index (χ2n) is 18.7. The van der Waals surface area contributed by atoms with E-state index in [1.807, 2.05) is 6.07 Å². The lowest BCUT2D eigenvalue weighted by Gasteiger charge is -2.43. The monoisotopic (exact) mass is 898 g/mol. The molecule has 0 bridgehead atoms. The van der Waals surface area contributed by atoms with Crippen LogP contribution in [0.5, 0.6) is 0 Å². The Hall–Kier alpha value is -5.10. The van der Waals surface area contributed by atoms with Gasteiger partial charge in [0, 0.05) is 88.2 Å². The Morgan fingerprint density at radius 3 is 2.29 bits per heavy atom. The number of hydrogen-bond donors (Lipinski definition) is 3. The number of aryl methyl sites for hydroxylation is 2. The lowest BCUT2D eigenvalue weighted by atomic mass is 9.93. The van der Waals surface area contributed by atoms with Gasteiger partial charge in [0.25, 0.3) is 0 Å². The van der Waals surface area contributed by atoms with Crippen LogP contribution in [-0.2, 0) is 29.6 Å². The summed E-state index contributed by atoms with van der Waals surface area (Å²) in [5, 5.41) is 16.1. The van der Waals surface area contributed by atoms with Crippen molar-refractivity contribution in [3.63, 3.8) is 0 Å². The van der Waals surface area contributed by atoms with Gasteiger partial charge < -0.3 is 19.9 Å². The molecule has 1 aliphatic carbocycles. The van der Waals surface area contributed by atoms with Gasteiger partial charge in [-0.3, -0.25) is 33.8 Å². The molecule has 4 aliphatic rings. The molecule has 348 valence electrons. The summed E-state index contributed by atoms with van der Waals surface area (Å²) in [6.07, 6.45) is 7.32. The van der Waals surface area contributed by atoms with E-state index in [2.05, 4.69) is 77.5 Å². The number of amides is 2. The molecule has 0 radical (unpaired) electrons. The van der Waals surface area contributed by atoms with Crippen molar-refractivity contribution >= 4 is 39.8 Å². The minimum Gasteiger partial charge on any atom is -0.393 e. The van der Waals surface area contributed by atoms with E-state index >= 15 is 0 Å². The van der Waals surface area contributed by atoms with Crippen LogP contribution < -0.4 is 16.3 Å². The molecule has 1 saturated carbocycles. The zero-order chi connectivity index (χ0) is 45.2. The predicted molar refractivity (Wildman–Crippen MR) is 243 cm³/mol. The van der Waals surface area contributed by atoms with E-state index < -0.39 is 24.5 Å². The van der Waals surface area contributed by atoms with Crippen molar-refractivity contribution in [3.8, 4) is 11.1 Å². The first-order chi connectivity index (χ1) is 31.4. The maximum Gasteiger partial charge on any atom is 0.390 e. The fraction of sp³-hybridized carbons (Fsp3) is 0.562. The summed E-state index contributed by atoms with van der Waals surface area (Å²) in [7, 11) is 1.74. The molecule has 2 amide bonds. The first-order valence-electron chi connectivity index (χ1n) is 23.5. The normalized spacial score (nSPS) is 22.3. The second kappa shape index (κ2) is 19.4. The predicted octanol–water partition coefficient (Wildman–Crippen LogP) is 6.17. The number of halogens is 3. The molecule has 3 aromatic heterocycles. The standard InChI is InChI=1S/C48H61F3N10O4/c1-56-42-28-32(7-14-40(42)61(47(56)65)41-15-16-43(63)54-45(41)64)4-2-3-21-57-22-17-35(18-23-57)59-26-24-58(25-27-59)30-33-5-8-34(9-6-33)39-31-60(36-10-12-37(62)13-11-36)44-38(39)29-53-46(55-44)52-20-19-48(49,50)51/h5-9,14,28-29,31,35-37,41,62H,2-4,10-13,15-27,30H2,1H3,(H,52,53,55)(H,54,63,64)/t36-,37-,41-/m0/s1. The SMILES string of the molecule is Cn1c(=O)n([C@H]2CCC(=O)NC2=O)c2ccc(CCCCN3CCC(N4CCN(Cc5ccc(-c6cn([C@H]7CC[C@H](O)CC7)c7nc(NCCC(F)(F)F)ncc67)cc5)CC4)CC3)cc21. The highest BCUT2D eigenvalue weighted by molar-refractivity contribution is 6.00. The summed E-state index contributed by atoms with van der Waals surface area (Å²) < 4.78 is 43.7. The molecule has 4 fully saturated rings. The molecular weight excluding hydrogens is 838 g/mol. The topological polar surface area (TPSA) is 146 Å². The molecule has 3 saturated heterocycles. The average molecular weight is 899 g/mol. The number of piperidine rings is 2. The number of unbranched alkanes of at least 4 members (excludes halogenated alkanes) is 1. The average Bonchev–Trinajstić information content (AvgIpc) is 3.79. The van der Waals surface area contributed by atoms with Crippen LogP contribution in [0.15, 0.2) is 59.7 Å². The van der Waals surface area contributed by atoms with Crippen LogP contribution in [0.2, 0.25) is 0 Å². The number of nitrogens with one attached hydrogen (secondary N) is 2. The minimum absolute atomic E-state index is 0.140. The third kappa shape index (κ3) is 10.3. The highest BCUT2D eigenvalue weighted by Crippen LogP contribution is 2.37. The smallest absolute Gasteiger partial charge is 0.390 e. The van der Waals surface area contributed by atoms with Gasteiger partial charge >= 0.3 is 11.9 Å². The first-order valence-corrected chi connectivity index (χ1v) is 23.5. The number of carbonyl (C=O) groups is 2. The van der Waals surface area contributed by atoms with Gasteiger partial charge in [-0.25, -0.2) is 9.78 Å². The van der Waals surface area contributed by atoms with Crippen LogP contribution in [0.1, 0.15) is 93.8 Å². The maximum atomic E-state index is 13.1. The summed E-state index contributed by atoms with van der Waals surface area (Å²) in [5.74, 6) is -0.531. The summed E-state index contributed by atoms with van der Waals surface area (Å²) in [6, 6.07) is 14.8. The number of piperazine rings is 1. The van der Waals surface area contributed by atoms with Crippen molar-refractivity contribution in [2.24, 2.45) is 7.05 Å². The number of alkyl halides is 3. The molecule has 14 nitrogen and oxygen atoms in total. The number of benzene rings is 2. The number of rotatable bonds is 14. The Kier molecular flexibility index (Phi) is 13.4. The quantitative estimate of drug-likeness (QED) is 0.0874. The number of carbonyl (C=O) groups excluding carboxylic acids is 2. The molecule has 0 spiro atoms. The summed E-state index contributed by atoms with van der Waals surface area (Å²) >= 11 is 0. The van der Waals surface area contributed by atoms with Gasteiger partial charge in [0.1, 0.15) is 11.7 Å². The first kappa shape index (κ1) is 45.1. The Morgan fingerprint density at radius 1 is 0.831 bits per heavy atom. The summed E-state index contributed by atoms with van der Waals surface area (Å²) in [4.78, 5) is 54.3. The zero-order valence-electron chi connectivity index (χ0n) is 37.2. The largest absolute Gasteiger partial charge is 0.393 e. The number of aliphatic hydroxyl groups excluding tert-OH is 1. The third-order valence-corrected chi connectivity index (χ3v) is 14.3. The van der Waals surface area contributed by atoms with Crippen LogP contribution in [0.4, 0.5) is 19.1 Å². The van der Waals surface area contributed by atoms with Crippen LogP contribution >= 0.6 is 0 Å². The Morgan fingerprint density at radius 2 is 1.57 bits per heavy atom. The Bertz CT molecular complexity index is 2530. The fourth-order valence-electron chi connectivity index (χ4n) is 10.6. The molecule has 5 aromatic rings. The van der Waals surface area contributed by atoms with E-state index in [0.717, 1.165) is 112 Å². The molecule has 0 unspecified atom stereocenters. The summed E-state index contributed by atoms with van der Waals surface area (Å²) in [6.45, 7) is 8.12. The molecule has 2 aromatic carbocycles. The highest BCUT2D eigenvalue weighted by atomic mass is 19.4. The number of hydrogen-bond acceptors (Lipinski definition) is 10. The second-order valence-corrected chi connectivity index (χ2v) is 18.7. The lowest BCUT2D eigenvalue weighted by Crippen LogP contribution is -2.53. The molecule has 17 heteroatoms. The number of imidazole rings is 1. The van der Waals surface area contributed by atoms with Gasteiger partial charge in [-0.05, 0) is 113 Å². The number of imide groups is 1. The molecule has 9 rings (SSSR count). The van der Waals surface area contributed by atoms with Crippen molar-refractivity contribution in [1.29, 1.82) is 0 Å². The minimum atomic E-state index is -4.26. The Labute approximate surface area is 376 Å². The molecule has 3 N–H and O–H groups in total. The molecule has 3 aliphatic heterocycles. The van der Waals surface area contributed by atoms with Gasteiger partial charge in [-0.2, -0.15) is 18.2 Å². The number of aliphatic hydroxyl groups is 1. The lowest BCUT2D eigenvalue weighted by molar-refractivity contribution is -0.136. The van der Waals surface area contributed by atoms with Crippen LogP contribution in [0.25, 0.3) is 33.2 Å². The number of aromatic nitrogens is 5. The van der Waals surface area contributed by atoms with Crippen LogP contribution in [-0.4, -0.2) is 126 Å². The molecule has 65 heavy (non-hydrogen) atoms. The van der Waals surface area contributed by atoms with Gasteiger partial charge in [0.05, 0.1) is 23.6 Å². The zero-order valence-corrected chi connectivity index (χ0v) is 37.2. The number of anilines is 1. The van der Waals surface area contributed by atoms with Crippen LogP contribution in [0.3, 0.4) is 0 Å². The van der Waals surface area contributed by atoms with E-state index in [9.17, 15) is 32.7 Å². The van der Waals surface area contributed by atoms with Crippen molar-refractivity contribution < 1.29 is 27.9 Å².